The first-order valence-electron chi connectivity index (χ1n) is 9.46. The minimum absolute atomic E-state index is 0.0417. The largest absolute Gasteiger partial charge is 0.464 e. The molecule has 0 N–H and O–H groups in total. The van der Waals surface area contributed by atoms with E-state index in [0.717, 1.165) is 30.8 Å². The first kappa shape index (κ1) is 17.5. The number of aromatic nitrogens is 4. The van der Waals surface area contributed by atoms with Gasteiger partial charge in [-0.2, -0.15) is 22.7 Å². The number of furan rings is 1. The smallest absolute Gasteiger partial charge is 0.453 e. The summed E-state index contributed by atoms with van der Waals surface area (Å²) in [6.45, 7) is 4.42. The summed E-state index contributed by atoms with van der Waals surface area (Å²) in [6, 6.07) is 5.98. The summed E-state index contributed by atoms with van der Waals surface area (Å²) in [7, 11) is 0. The molecular formula is C19H20F3N5O. The Kier molecular flexibility index (Phi) is 3.73. The second kappa shape index (κ2) is 5.96. The Bertz CT molecular complexity index is 1040. The molecule has 0 saturated heterocycles. The molecule has 0 radical (unpaired) electrons. The first-order chi connectivity index (χ1) is 13.3. The summed E-state index contributed by atoms with van der Waals surface area (Å²) >= 11 is 0. The molecule has 0 spiro atoms. The summed E-state index contributed by atoms with van der Waals surface area (Å²) in [5.41, 5.74) is 0.598. The third-order valence-corrected chi connectivity index (χ3v) is 5.44. The number of hydrogen-bond donors (Lipinski definition) is 0. The van der Waals surface area contributed by atoms with Crippen LogP contribution in [0.25, 0.3) is 5.78 Å². The molecule has 2 aliphatic carbocycles. The van der Waals surface area contributed by atoms with Crippen molar-refractivity contribution in [2.45, 2.75) is 57.8 Å². The molecule has 5 rings (SSSR count). The van der Waals surface area contributed by atoms with Crippen LogP contribution in [0.4, 0.5) is 19.0 Å². The number of anilines is 1. The van der Waals surface area contributed by atoms with E-state index in [-0.39, 0.29) is 11.8 Å². The molecule has 28 heavy (non-hydrogen) atoms. The van der Waals surface area contributed by atoms with E-state index in [1.54, 1.807) is 13.0 Å². The van der Waals surface area contributed by atoms with E-state index >= 15 is 0 Å². The topological polar surface area (TPSA) is 59.5 Å². The molecule has 3 heterocycles. The van der Waals surface area contributed by atoms with Crippen molar-refractivity contribution in [3.8, 4) is 0 Å². The van der Waals surface area contributed by atoms with Crippen LogP contribution < -0.4 is 4.90 Å². The van der Waals surface area contributed by atoms with Crippen LogP contribution in [0.15, 0.2) is 22.6 Å². The van der Waals surface area contributed by atoms with Crippen molar-refractivity contribution in [3.05, 3.63) is 41.2 Å². The zero-order chi connectivity index (χ0) is 19.6. The third-order valence-electron chi connectivity index (χ3n) is 5.44. The van der Waals surface area contributed by atoms with Gasteiger partial charge in [0, 0.05) is 23.7 Å². The number of hydrogen-bond acceptors (Lipinski definition) is 5. The SMILES string of the molecule is Cc1cc(N(Cc2ccc([C@H]3C[C@H]3C)o2)C2CC2)n2nc(C(F)(F)F)nc2n1. The molecule has 0 amide bonds. The monoisotopic (exact) mass is 391 g/mol. The van der Waals surface area contributed by atoms with E-state index in [4.69, 9.17) is 4.42 Å². The van der Waals surface area contributed by atoms with Gasteiger partial charge in [-0.25, -0.2) is 4.98 Å². The molecule has 2 fully saturated rings. The summed E-state index contributed by atoms with van der Waals surface area (Å²) in [4.78, 5) is 9.76. The average molecular weight is 391 g/mol. The van der Waals surface area contributed by atoms with Crippen molar-refractivity contribution in [3.63, 3.8) is 0 Å². The average Bonchev–Trinajstić information content (AvgIpc) is 3.49. The molecule has 2 saturated carbocycles. The van der Waals surface area contributed by atoms with E-state index in [1.807, 2.05) is 12.1 Å². The number of nitrogens with zero attached hydrogens (tertiary/aromatic N) is 5. The third kappa shape index (κ3) is 3.12. The maximum atomic E-state index is 13.1. The molecule has 0 unspecified atom stereocenters. The van der Waals surface area contributed by atoms with Crippen molar-refractivity contribution < 1.29 is 17.6 Å². The van der Waals surface area contributed by atoms with Gasteiger partial charge in [-0.3, -0.25) is 0 Å². The highest BCUT2D eigenvalue weighted by atomic mass is 19.4. The van der Waals surface area contributed by atoms with Crippen molar-refractivity contribution in [1.29, 1.82) is 0 Å². The zero-order valence-electron chi connectivity index (χ0n) is 15.6. The Morgan fingerprint density at radius 2 is 2.00 bits per heavy atom. The Labute approximate surface area is 159 Å². The maximum absolute atomic E-state index is 13.1. The van der Waals surface area contributed by atoms with Crippen LogP contribution in [-0.2, 0) is 12.7 Å². The van der Waals surface area contributed by atoms with Crippen molar-refractivity contribution >= 4 is 11.6 Å². The fourth-order valence-corrected chi connectivity index (χ4v) is 3.64. The summed E-state index contributed by atoms with van der Waals surface area (Å²) in [5, 5.41) is 3.70. The fourth-order valence-electron chi connectivity index (χ4n) is 3.64. The van der Waals surface area contributed by atoms with Gasteiger partial charge in [0.15, 0.2) is 0 Å². The second-order valence-electron chi connectivity index (χ2n) is 7.88. The van der Waals surface area contributed by atoms with Crippen LogP contribution in [0.1, 0.15) is 55.1 Å². The number of rotatable bonds is 5. The van der Waals surface area contributed by atoms with E-state index < -0.39 is 12.0 Å². The van der Waals surface area contributed by atoms with Crippen LogP contribution in [0.5, 0.6) is 0 Å². The molecule has 3 aromatic rings. The standard InChI is InChI=1S/C19H20F3N5O/c1-10-7-14(10)15-6-5-13(28-15)9-26(12-3-4-12)16-8-11(2)23-18-24-17(19(20,21)22)25-27(16)18/h5-6,8,10,12,14H,3-4,7,9H2,1-2H3/t10-,14+/m1/s1. The van der Waals surface area contributed by atoms with Gasteiger partial charge in [0.1, 0.15) is 17.3 Å². The molecule has 2 aliphatic rings. The highest BCUT2D eigenvalue weighted by Crippen LogP contribution is 2.47. The lowest BCUT2D eigenvalue weighted by Crippen LogP contribution is -2.27. The van der Waals surface area contributed by atoms with Gasteiger partial charge in [0.2, 0.25) is 0 Å². The molecule has 148 valence electrons. The van der Waals surface area contributed by atoms with Crippen molar-refractivity contribution in [2.24, 2.45) is 5.92 Å². The minimum Gasteiger partial charge on any atom is -0.464 e. The van der Waals surface area contributed by atoms with Crippen LogP contribution in [-0.4, -0.2) is 25.6 Å². The lowest BCUT2D eigenvalue weighted by molar-refractivity contribution is -0.144. The lowest BCUT2D eigenvalue weighted by atomic mass is 10.3. The Morgan fingerprint density at radius 1 is 1.25 bits per heavy atom. The van der Waals surface area contributed by atoms with Gasteiger partial charge < -0.3 is 9.32 Å². The van der Waals surface area contributed by atoms with Gasteiger partial charge in [0.05, 0.1) is 6.54 Å². The van der Waals surface area contributed by atoms with Gasteiger partial charge in [-0.1, -0.05) is 6.92 Å². The molecule has 0 bridgehead atoms. The zero-order valence-corrected chi connectivity index (χ0v) is 15.6. The normalized spacial score (nSPS) is 22.0. The molecule has 0 aromatic carbocycles. The van der Waals surface area contributed by atoms with E-state index in [0.29, 0.717) is 29.9 Å². The van der Waals surface area contributed by atoms with Crippen LogP contribution >= 0.6 is 0 Å². The van der Waals surface area contributed by atoms with Gasteiger partial charge >= 0.3 is 6.18 Å². The quantitative estimate of drug-likeness (QED) is 0.648. The molecule has 2 atom stereocenters. The fraction of sp³-hybridized carbons (Fsp3) is 0.526. The second-order valence-corrected chi connectivity index (χ2v) is 7.88. The van der Waals surface area contributed by atoms with Crippen molar-refractivity contribution in [2.75, 3.05) is 4.90 Å². The highest BCUT2D eigenvalue weighted by Gasteiger charge is 2.39. The number of fused-ring (bicyclic) bond motifs is 1. The first-order valence-corrected chi connectivity index (χ1v) is 9.46. The molecular weight excluding hydrogens is 371 g/mol. The highest BCUT2D eigenvalue weighted by molar-refractivity contribution is 5.49. The van der Waals surface area contributed by atoms with E-state index in [2.05, 4.69) is 26.9 Å². The Hall–Kier alpha value is -2.58. The number of halogens is 3. The molecule has 3 aromatic heterocycles. The Balaban J connectivity index is 1.52. The number of aryl methyl sites for hydroxylation is 1. The summed E-state index contributed by atoms with van der Waals surface area (Å²) in [6.07, 6.45) is -1.50. The van der Waals surface area contributed by atoms with Gasteiger partial charge in [-0.05, 0) is 44.2 Å². The predicted molar refractivity (Wildman–Crippen MR) is 95.0 cm³/mol. The number of alkyl halides is 3. The van der Waals surface area contributed by atoms with E-state index in [9.17, 15) is 13.2 Å². The predicted octanol–water partition coefficient (Wildman–Crippen LogP) is 4.34. The molecule has 0 aliphatic heterocycles. The van der Waals surface area contributed by atoms with Crippen LogP contribution in [0.2, 0.25) is 0 Å². The van der Waals surface area contributed by atoms with Crippen LogP contribution in [0, 0.1) is 12.8 Å². The van der Waals surface area contributed by atoms with Crippen LogP contribution in [0.3, 0.4) is 0 Å². The maximum Gasteiger partial charge on any atom is 0.453 e. The van der Waals surface area contributed by atoms with Crippen molar-refractivity contribution in [1.82, 2.24) is 19.6 Å². The minimum atomic E-state index is -4.61. The molecule has 9 heteroatoms. The van der Waals surface area contributed by atoms with Gasteiger partial charge in [-0.15, -0.1) is 5.10 Å². The van der Waals surface area contributed by atoms with Gasteiger partial charge in [0.25, 0.3) is 11.6 Å². The van der Waals surface area contributed by atoms with E-state index in [1.165, 1.54) is 4.52 Å². The lowest BCUT2D eigenvalue weighted by Gasteiger charge is -2.24. The summed E-state index contributed by atoms with van der Waals surface area (Å²) in [5.74, 6) is 2.28. The molecule has 6 nitrogen and oxygen atoms in total. The Morgan fingerprint density at radius 3 is 2.64 bits per heavy atom. The summed E-state index contributed by atoms with van der Waals surface area (Å²) < 4.78 is 46.5.